The number of aryl methyl sites for hydroxylation is 1. The number of nitrogens with two attached hydrogens (primary N) is 1. The van der Waals surface area contributed by atoms with E-state index in [4.69, 9.17) is 5.73 Å². The van der Waals surface area contributed by atoms with E-state index in [1.54, 1.807) is 11.3 Å². The van der Waals surface area contributed by atoms with Gasteiger partial charge in [0, 0.05) is 11.4 Å². The predicted molar refractivity (Wildman–Crippen MR) is 66.1 cm³/mol. The first kappa shape index (κ1) is 12.6. The van der Waals surface area contributed by atoms with E-state index in [-0.39, 0.29) is 0 Å². The van der Waals surface area contributed by atoms with Crippen molar-refractivity contribution in [3.8, 4) is 0 Å². The molecule has 0 saturated heterocycles. The summed E-state index contributed by atoms with van der Waals surface area (Å²) in [5, 5.41) is 0. The molecule has 0 aliphatic heterocycles. The van der Waals surface area contributed by atoms with Crippen LogP contribution in [-0.4, -0.2) is 30.0 Å². The van der Waals surface area contributed by atoms with Crippen molar-refractivity contribution in [2.45, 2.75) is 32.7 Å². The van der Waals surface area contributed by atoms with Crippen LogP contribution < -0.4 is 5.73 Å². The highest BCUT2D eigenvalue weighted by Crippen LogP contribution is 2.14. The fourth-order valence-electron chi connectivity index (χ4n) is 1.51. The normalized spacial score (nSPS) is 11.2. The van der Waals surface area contributed by atoms with Crippen LogP contribution in [-0.2, 0) is 6.54 Å². The Balaban J connectivity index is 2.18. The molecule has 0 saturated carbocycles. The van der Waals surface area contributed by atoms with Crippen LogP contribution in [0.5, 0.6) is 0 Å². The molecular formula is C11H21N3S. The maximum Gasteiger partial charge on any atom is 0.0798 e. The van der Waals surface area contributed by atoms with Gasteiger partial charge in [0.15, 0.2) is 0 Å². The average Bonchev–Trinajstić information content (AvgIpc) is 2.59. The molecule has 0 aliphatic carbocycles. The maximum absolute atomic E-state index is 5.45. The topological polar surface area (TPSA) is 42.2 Å². The summed E-state index contributed by atoms with van der Waals surface area (Å²) in [6.07, 6.45) is 3.63. The Bertz CT molecular complexity index is 273. The lowest BCUT2D eigenvalue weighted by Crippen LogP contribution is -2.19. The molecule has 0 bridgehead atoms. The van der Waals surface area contributed by atoms with Gasteiger partial charge >= 0.3 is 0 Å². The molecule has 0 unspecified atom stereocenters. The van der Waals surface area contributed by atoms with E-state index >= 15 is 0 Å². The standard InChI is InChI=1S/C11H21N3S/c1-10-11(15-9-13-10)8-14(2)7-5-3-4-6-12/h9H,3-8,12H2,1-2H3. The lowest BCUT2D eigenvalue weighted by Gasteiger charge is -2.15. The number of rotatable bonds is 7. The van der Waals surface area contributed by atoms with Crippen molar-refractivity contribution in [3.63, 3.8) is 0 Å². The first-order valence-corrected chi connectivity index (χ1v) is 6.39. The summed E-state index contributed by atoms with van der Waals surface area (Å²) >= 11 is 1.75. The minimum absolute atomic E-state index is 0.817. The number of aromatic nitrogens is 1. The van der Waals surface area contributed by atoms with Crippen molar-refractivity contribution in [1.82, 2.24) is 9.88 Å². The molecule has 0 fully saturated rings. The summed E-state index contributed by atoms with van der Waals surface area (Å²) in [6, 6.07) is 0. The fraction of sp³-hybridized carbons (Fsp3) is 0.727. The van der Waals surface area contributed by atoms with Crippen molar-refractivity contribution in [3.05, 3.63) is 16.1 Å². The van der Waals surface area contributed by atoms with E-state index in [0.29, 0.717) is 0 Å². The van der Waals surface area contributed by atoms with Crippen molar-refractivity contribution < 1.29 is 0 Å². The Morgan fingerprint density at radius 1 is 1.40 bits per heavy atom. The maximum atomic E-state index is 5.45. The minimum Gasteiger partial charge on any atom is -0.330 e. The molecule has 2 N–H and O–H groups in total. The summed E-state index contributed by atoms with van der Waals surface area (Å²) in [7, 11) is 2.17. The number of unbranched alkanes of at least 4 members (excludes halogenated alkanes) is 2. The number of hydrogen-bond acceptors (Lipinski definition) is 4. The minimum atomic E-state index is 0.817. The van der Waals surface area contributed by atoms with Gasteiger partial charge in [0.1, 0.15) is 0 Å². The van der Waals surface area contributed by atoms with Crippen molar-refractivity contribution >= 4 is 11.3 Å². The van der Waals surface area contributed by atoms with Gasteiger partial charge in [-0.15, -0.1) is 11.3 Å². The Morgan fingerprint density at radius 2 is 2.20 bits per heavy atom. The first-order valence-electron chi connectivity index (χ1n) is 5.51. The quantitative estimate of drug-likeness (QED) is 0.725. The Hall–Kier alpha value is -0.450. The van der Waals surface area contributed by atoms with Gasteiger partial charge in [0.05, 0.1) is 11.2 Å². The van der Waals surface area contributed by atoms with Crippen LogP contribution in [0.25, 0.3) is 0 Å². The van der Waals surface area contributed by atoms with Crippen molar-refractivity contribution in [1.29, 1.82) is 0 Å². The summed E-state index contributed by atoms with van der Waals surface area (Å²) in [5.74, 6) is 0. The molecule has 0 aliphatic rings. The largest absolute Gasteiger partial charge is 0.330 e. The molecule has 1 rings (SSSR count). The van der Waals surface area contributed by atoms with Gasteiger partial charge in [-0.05, 0) is 39.9 Å². The van der Waals surface area contributed by atoms with Crippen LogP contribution in [0.15, 0.2) is 5.51 Å². The SMILES string of the molecule is Cc1ncsc1CN(C)CCCCCN. The highest BCUT2D eigenvalue weighted by molar-refractivity contribution is 7.09. The molecule has 1 heterocycles. The van der Waals surface area contributed by atoms with Crippen LogP contribution >= 0.6 is 11.3 Å². The average molecular weight is 227 g/mol. The molecule has 0 spiro atoms. The molecule has 1 aromatic heterocycles. The Labute approximate surface area is 96.3 Å². The number of hydrogen-bond donors (Lipinski definition) is 1. The van der Waals surface area contributed by atoms with Gasteiger partial charge in [-0.25, -0.2) is 4.98 Å². The zero-order chi connectivity index (χ0) is 11.1. The molecule has 0 amide bonds. The van der Waals surface area contributed by atoms with Crippen LogP contribution in [0.3, 0.4) is 0 Å². The van der Waals surface area contributed by atoms with Gasteiger partial charge in [0.2, 0.25) is 0 Å². The first-order chi connectivity index (χ1) is 7.24. The van der Waals surface area contributed by atoms with Crippen LogP contribution in [0, 0.1) is 6.92 Å². The van der Waals surface area contributed by atoms with Crippen LogP contribution in [0.2, 0.25) is 0 Å². The second-order valence-electron chi connectivity index (χ2n) is 3.95. The molecule has 0 aromatic carbocycles. The monoisotopic (exact) mass is 227 g/mol. The predicted octanol–water partition coefficient (Wildman–Crippen LogP) is 2.01. The van der Waals surface area contributed by atoms with E-state index in [9.17, 15) is 0 Å². The van der Waals surface area contributed by atoms with E-state index < -0.39 is 0 Å². The molecule has 4 heteroatoms. The van der Waals surface area contributed by atoms with E-state index in [2.05, 4.69) is 23.9 Å². The zero-order valence-electron chi connectivity index (χ0n) is 9.70. The third-order valence-corrected chi connectivity index (χ3v) is 3.42. The van der Waals surface area contributed by atoms with E-state index in [0.717, 1.165) is 26.1 Å². The van der Waals surface area contributed by atoms with Crippen LogP contribution in [0.1, 0.15) is 29.8 Å². The van der Waals surface area contributed by atoms with Crippen molar-refractivity contribution in [2.24, 2.45) is 5.73 Å². The molecule has 0 atom stereocenters. The zero-order valence-corrected chi connectivity index (χ0v) is 10.5. The van der Waals surface area contributed by atoms with Crippen LogP contribution in [0.4, 0.5) is 0 Å². The molecule has 3 nitrogen and oxygen atoms in total. The van der Waals surface area contributed by atoms with Gasteiger partial charge in [0.25, 0.3) is 0 Å². The molecule has 15 heavy (non-hydrogen) atoms. The van der Waals surface area contributed by atoms with Gasteiger partial charge in [-0.3, -0.25) is 0 Å². The molecule has 1 aromatic rings. The summed E-state index contributed by atoms with van der Waals surface area (Å²) in [6.45, 7) is 5.07. The highest BCUT2D eigenvalue weighted by atomic mass is 32.1. The van der Waals surface area contributed by atoms with Gasteiger partial charge < -0.3 is 10.6 Å². The third kappa shape index (κ3) is 4.73. The summed E-state index contributed by atoms with van der Waals surface area (Å²) in [4.78, 5) is 8.00. The number of thiazole rings is 1. The van der Waals surface area contributed by atoms with E-state index in [1.807, 2.05) is 5.51 Å². The van der Waals surface area contributed by atoms with Crippen molar-refractivity contribution in [2.75, 3.05) is 20.1 Å². The summed E-state index contributed by atoms with van der Waals surface area (Å²) in [5.41, 5.74) is 8.55. The Kier molecular flexibility index (Phi) is 5.83. The fourth-order valence-corrected chi connectivity index (χ4v) is 2.36. The third-order valence-electron chi connectivity index (χ3n) is 2.50. The number of nitrogens with zero attached hydrogens (tertiary/aromatic N) is 2. The second-order valence-corrected chi connectivity index (χ2v) is 4.89. The Morgan fingerprint density at radius 3 is 2.80 bits per heavy atom. The smallest absolute Gasteiger partial charge is 0.0798 e. The second kappa shape index (κ2) is 6.93. The molecule has 86 valence electrons. The van der Waals surface area contributed by atoms with Gasteiger partial charge in [-0.1, -0.05) is 6.42 Å². The highest BCUT2D eigenvalue weighted by Gasteiger charge is 2.04. The lowest BCUT2D eigenvalue weighted by molar-refractivity contribution is 0.319. The van der Waals surface area contributed by atoms with E-state index in [1.165, 1.54) is 23.4 Å². The van der Waals surface area contributed by atoms with Gasteiger partial charge in [-0.2, -0.15) is 0 Å². The lowest BCUT2D eigenvalue weighted by atomic mass is 10.2. The summed E-state index contributed by atoms with van der Waals surface area (Å²) < 4.78 is 0. The molecule has 0 radical (unpaired) electrons. The molecular weight excluding hydrogens is 206 g/mol.